The molecule has 0 atom stereocenters. The zero-order chi connectivity index (χ0) is 10.1. The predicted octanol–water partition coefficient (Wildman–Crippen LogP) is 1.80. The molecule has 1 rings (SSSR count). The predicted molar refractivity (Wildman–Crippen MR) is 53.9 cm³/mol. The molecule has 0 aromatic carbocycles. The van der Waals surface area contributed by atoms with Gasteiger partial charge in [-0.3, -0.25) is 4.55 Å². The van der Waals surface area contributed by atoms with Gasteiger partial charge in [0.2, 0.25) is 0 Å². The lowest BCUT2D eigenvalue weighted by molar-refractivity contribution is 0.482. The van der Waals surface area contributed by atoms with Crippen LogP contribution in [0.5, 0.6) is 0 Å². The largest absolute Gasteiger partial charge is 0.286 e. The van der Waals surface area contributed by atoms with Crippen molar-refractivity contribution in [2.24, 2.45) is 0 Å². The summed E-state index contributed by atoms with van der Waals surface area (Å²) in [6, 6.07) is 1.96. The number of aryl methyl sites for hydroxylation is 3. The minimum Gasteiger partial charge on any atom is -0.286 e. The third-order valence-corrected chi connectivity index (χ3v) is 3.50. The van der Waals surface area contributed by atoms with Crippen molar-refractivity contribution in [1.82, 2.24) is 0 Å². The molecule has 3 nitrogen and oxygen atoms in total. The van der Waals surface area contributed by atoms with E-state index in [1.165, 1.54) is 4.88 Å². The molecular formula is C8H12O3S2. The topological polar surface area (TPSA) is 54.4 Å². The highest BCUT2D eigenvalue weighted by atomic mass is 32.2. The molecule has 0 saturated heterocycles. The maximum atomic E-state index is 10.5. The minimum absolute atomic E-state index is 0.190. The highest BCUT2D eigenvalue weighted by Crippen LogP contribution is 2.21. The van der Waals surface area contributed by atoms with Crippen LogP contribution in [0.25, 0.3) is 0 Å². The average Bonchev–Trinajstić information content (AvgIpc) is 2.24. The molecule has 1 aromatic heterocycles. The van der Waals surface area contributed by atoms with E-state index in [9.17, 15) is 8.42 Å². The SMILES string of the molecule is Cc1cc(CCS(=O)(=O)O)c(C)s1. The average molecular weight is 220 g/mol. The second kappa shape index (κ2) is 3.77. The quantitative estimate of drug-likeness (QED) is 0.790. The summed E-state index contributed by atoms with van der Waals surface area (Å²) in [6.07, 6.45) is 0.398. The van der Waals surface area contributed by atoms with Gasteiger partial charge in [0.25, 0.3) is 10.1 Å². The van der Waals surface area contributed by atoms with Crippen LogP contribution in [0.2, 0.25) is 0 Å². The van der Waals surface area contributed by atoms with Gasteiger partial charge in [-0.1, -0.05) is 0 Å². The fourth-order valence-corrected chi connectivity index (χ4v) is 2.62. The van der Waals surface area contributed by atoms with E-state index < -0.39 is 10.1 Å². The summed E-state index contributed by atoms with van der Waals surface area (Å²) in [5.74, 6) is -0.190. The molecule has 5 heteroatoms. The minimum atomic E-state index is -3.83. The molecule has 0 fully saturated rings. The molecule has 0 aliphatic heterocycles. The molecule has 0 bridgehead atoms. The summed E-state index contributed by atoms with van der Waals surface area (Å²) < 4.78 is 29.5. The van der Waals surface area contributed by atoms with E-state index in [4.69, 9.17) is 4.55 Å². The second-order valence-electron chi connectivity index (χ2n) is 2.97. The van der Waals surface area contributed by atoms with Crippen molar-refractivity contribution in [3.05, 3.63) is 21.4 Å². The van der Waals surface area contributed by atoms with E-state index in [1.54, 1.807) is 11.3 Å². The number of hydrogen-bond donors (Lipinski definition) is 1. The van der Waals surface area contributed by atoms with Gasteiger partial charge in [-0.15, -0.1) is 11.3 Å². The normalized spacial score (nSPS) is 11.9. The maximum absolute atomic E-state index is 10.5. The Morgan fingerprint density at radius 2 is 2.08 bits per heavy atom. The summed E-state index contributed by atoms with van der Waals surface area (Å²) in [4.78, 5) is 2.30. The van der Waals surface area contributed by atoms with Crippen LogP contribution >= 0.6 is 11.3 Å². The molecular weight excluding hydrogens is 208 g/mol. The van der Waals surface area contributed by atoms with Crippen LogP contribution in [0.4, 0.5) is 0 Å². The van der Waals surface area contributed by atoms with Crippen molar-refractivity contribution >= 4 is 21.5 Å². The summed E-state index contributed by atoms with van der Waals surface area (Å²) in [5, 5.41) is 0. The molecule has 0 unspecified atom stereocenters. The molecule has 0 radical (unpaired) electrons. The molecule has 0 amide bonds. The van der Waals surface area contributed by atoms with E-state index in [2.05, 4.69) is 0 Å². The maximum Gasteiger partial charge on any atom is 0.265 e. The zero-order valence-corrected chi connectivity index (χ0v) is 9.20. The lowest BCUT2D eigenvalue weighted by atomic mass is 10.2. The van der Waals surface area contributed by atoms with Crippen LogP contribution in [0.1, 0.15) is 15.3 Å². The van der Waals surface area contributed by atoms with E-state index in [0.717, 1.165) is 10.4 Å². The lowest BCUT2D eigenvalue weighted by Gasteiger charge is -1.96. The molecule has 1 aromatic rings. The first-order valence-corrected chi connectivity index (χ1v) is 6.32. The van der Waals surface area contributed by atoms with Gasteiger partial charge in [0.05, 0.1) is 5.75 Å². The summed E-state index contributed by atoms with van der Waals surface area (Å²) in [5.41, 5.74) is 1.01. The lowest BCUT2D eigenvalue weighted by Crippen LogP contribution is -2.06. The Kier molecular flexibility index (Phi) is 3.10. The first-order chi connectivity index (χ1) is 5.88. The van der Waals surface area contributed by atoms with E-state index >= 15 is 0 Å². The fourth-order valence-electron chi connectivity index (χ4n) is 1.17. The van der Waals surface area contributed by atoms with Gasteiger partial charge >= 0.3 is 0 Å². The van der Waals surface area contributed by atoms with Gasteiger partial charge in [0.1, 0.15) is 0 Å². The summed E-state index contributed by atoms with van der Waals surface area (Å²) >= 11 is 1.64. The Labute approximate surface area is 82.2 Å². The second-order valence-corrected chi connectivity index (χ2v) is 6.01. The van der Waals surface area contributed by atoms with Crippen LogP contribution in [-0.4, -0.2) is 18.7 Å². The number of thiophene rings is 1. The van der Waals surface area contributed by atoms with Crippen molar-refractivity contribution in [3.63, 3.8) is 0 Å². The van der Waals surface area contributed by atoms with Crippen molar-refractivity contribution < 1.29 is 13.0 Å². The number of rotatable bonds is 3. The standard InChI is InChI=1S/C8H12O3S2/c1-6-5-8(7(2)12-6)3-4-13(9,10)11/h5H,3-4H2,1-2H3,(H,9,10,11). The fraction of sp³-hybridized carbons (Fsp3) is 0.500. The van der Waals surface area contributed by atoms with Crippen molar-refractivity contribution in [2.75, 3.05) is 5.75 Å². The Balaban J connectivity index is 2.70. The van der Waals surface area contributed by atoms with Crippen molar-refractivity contribution in [3.8, 4) is 0 Å². The highest BCUT2D eigenvalue weighted by Gasteiger charge is 2.08. The van der Waals surface area contributed by atoms with Crippen LogP contribution in [0.3, 0.4) is 0 Å². The molecule has 0 aliphatic rings. The van der Waals surface area contributed by atoms with E-state index in [0.29, 0.717) is 6.42 Å². The van der Waals surface area contributed by atoms with Crippen LogP contribution < -0.4 is 0 Å². The molecule has 0 spiro atoms. The highest BCUT2D eigenvalue weighted by molar-refractivity contribution is 7.85. The van der Waals surface area contributed by atoms with Gasteiger partial charge in [-0.05, 0) is 31.9 Å². The van der Waals surface area contributed by atoms with E-state index in [-0.39, 0.29) is 5.75 Å². The van der Waals surface area contributed by atoms with Crippen molar-refractivity contribution in [1.29, 1.82) is 0 Å². The molecule has 13 heavy (non-hydrogen) atoms. The van der Waals surface area contributed by atoms with Crippen LogP contribution in [-0.2, 0) is 16.5 Å². The van der Waals surface area contributed by atoms with Crippen molar-refractivity contribution in [2.45, 2.75) is 20.3 Å². The van der Waals surface area contributed by atoms with Gasteiger partial charge < -0.3 is 0 Å². The molecule has 1 N–H and O–H groups in total. The summed E-state index contributed by atoms with van der Waals surface area (Å²) in [7, 11) is -3.83. The zero-order valence-electron chi connectivity index (χ0n) is 7.57. The van der Waals surface area contributed by atoms with Gasteiger partial charge in [0, 0.05) is 9.75 Å². The van der Waals surface area contributed by atoms with Gasteiger partial charge in [-0.2, -0.15) is 8.42 Å². The van der Waals surface area contributed by atoms with Gasteiger partial charge in [-0.25, -0.2) is 0 Å². The summed E-state index contributed by atoms with van der Waals surface area (Å²) in [6.45, 7) is 3.94. The van der Waals surface area contributed by atoms with Crippen LogP contribution in [0.15, 0.2) is 6.07 Å². The Morgan fingerprint density at radius 1 is 1.46 bits per heavy atom. The molecule has 0 saturated carbocycles. The molecule has 74 valence electrons. The van der Waals surface area contributed by atoms with Crippen LogP contribution in [0, 0.1) is 13.8 Å². The number of hydrogen-bond acceptors (Lipinski definition) is 3. The monoisotopic (exact) mass is 220 g/mol. The Hall–Kier alpha value is -0.390. The third-order valence-electron chi connectivity index (χ3n) is 1.77. The molecule has 0 aliphatic carbocycles. The van der Waals surface area contributed by atoms with Gasteiger partial charge in [0.15, 0.2) is 0 Å². The van der Waals surface area contributed by atoms with E-state index in [1.807, 2.05) is 19.9 Å². The Morgan fingerprint density at radius 3 is 2.46 bits per heavy atom. The first kappa shape index (κ1) is 10.7. The Bertz CT molecular complexity index is 390. The first-order valence-electron chi connectivity index (χ1n) is 3.89. The third kappa shape index (κ3) is 3.46. The smallest absolute Gasteiger partial charge is 0.265 e. The molecule has 1 heterocycles.